The van der Waals surface area contributed by atoms with Gasteiger partial charge < -0.3 is 10.1 Å². The normalized spacial score (nSPS) is 17.9. The van der Waals surface area contributed by atoms with Crippen LogP contribution in [0.1, 0.15) is 52.9 Å². The van der Waals surface area contributed by atoms with Crippen LogP contribution in [0.5, 0.6) is 0 Å². The summed E-state index contributed by atoms with van der Waals surface area (Å²) in [7, 11) is 0. The Morgan fingerprint density at radius 1 is 1.41 bits per heavy atom. The number of hydrogen-bond donors (Lipinski definition) is 1. The van der Waals surface area contributed by atoms with Crippen molar-refractivity contribution in [2.24, 2.45) is 11.8 Å². The van der Waals surface area contributed by atoms with E-state index in [0.717, 1.165) is 31.7 Å². The average Bonchev–Trinajstić information content (AvgIpc) is 2.20. The fourth-order valence-electron chi connectivity index (χ4n) is 1.84. The molecule has 3 heteroatoms. The van der Waals surface area contributed by atoms with Crippen molar-refractivity contribution in [3.05, 3.63) is 0 Å². The molecule has 1 saturated carbocycles. The zero-order valence-electron chi connectivity index (χ0n) is 11.5. The Morgan fingerprint density at radius 2 is 2.12 bits per heavy atom. The van der Waals surface area contributed by atoms with E-state index in [1.165, 1.54) is 12.8 Å². The molecule has 0 amide bonds. The first-order valence-corrected chi connectivity index (χ1v) is 7.03. The molecule has 1 unspecified atom stereocenters. The summed E-state index contributed by atoms with van der Waals surface area (Å²) in [5.41, 5.74) is 0. The second-order valence-electron chi connectivity index (χ2n) is 5.50. The zero-order chi connectivity index (χ0) is 12.7. The molecule has 3 nitrogen and oxygen atoms in total. The lowest BCUT2D eigenvalue weighted by molar-refractivity contribution is -0.152. The summed E-state index contributed by atoms with van der Waals surface area (Å²) in [6.45, 7) is 8.11. The van der Waals surface area contributed by atoms with E-state index >= 15 is 0 Å². The van der Waals surface area contributed by atoms with Crippen LogP contribution in [0.25, 0.3) is 0 Å². The third kappa shape index (κ3) is 5.53. The van der Waals surface area contributed by atoms with E-state index in [1.54, 1.807) is 0 Å². The van der Waals surface area contributed by atoms with Crippen LogP contribution in [0, 0.1) is 11.8 Å². The molecule has 17 heavy (non-hydrogen) atoms. The Labute approximate surface area is 105 Å². The van der Waals surface area contributed by atoms with Crippen molar-refractivity contribution in [2.75, 3.05) is 13.2 Å². The van der Waals surface area contributed by atoms with Gasteiger partial charge in [-0.1, -0.05) is 27.2 Å². The average molecular weight is 241 g/mol. The van der Waals surface area contributed by atoms with Crippen molar-refractivity contribution in [2.45, 2.75) is 58.9 Å². The molecular formula is C14H27NO2. The molecule has 100 valence electrons. The van der Waals surface area contributed by atoms with Crippen molar-refractivity contribution in [3.63, 3.8) is 0 Å². The Hall–Kier alpha value is -0.570. The molecule has 0 radical (unpaired) electrons. The Bertz CT molecular complexity index is 224. The quantitative estimate of drug-likeness (QED) is 0.664. The van der Waals surface area contributed by atoms with Gasteiger partial charge in [-0.3, -0.25) is 4.79 Å². The zero-order valence-corrected chi connectivity index (χ0v) is 11.5. The lowest BCUT2D eigenvalue weighted by atomic mass is 9.86. The molecule has 1 aliphatic rings. The molecule has 0 aromatic carbocycles. The van der Waals surface area contributed by atoms with Crippen LogP contribution in [0.15, 0.2) is 0 Å². The lowest BCUT2D eigenvalue weighted by Gasteiger charge is -2.25. The molecule has 1 N–H and O–H groups in total. The van der Waals surface area contributed by atoms with Crippen LogP contribution in [0.2, 0.25) is 0 Å². The minimum absolute atomic E-state index is 0.0142. The Morgan fingerprint density at radius 3 is 2.59 bits per heavy atom. The highest BCUT2D eigenvalue weighted by atomic mass is 16.5. The van der Waals surface area contributed by atoms with Crippen molar-refractivity contribution in [1.82, 2.24) is 5.32 Å². The third-order valence-corrected chi connectivity index (χ3v) is 3.51. The van der Waals surface area contributed by atoms with E-state index in [-0.39, 0.29) is 11.9 Å². The minimum atomic E-state index is 0.0142. The maximum atomic E-state index is 11.6. The summed E-state index contributed by atoms with van der Waals surface area (Å²) in [6, 6.07) is 0.317. The van der Waals surface area contributed by atoms with Gasteiger partial charge in [-0.15, -0.1) is 0 Å². The fraction of sp³-hybridized carbons (Fsp3) is 0.929. The molecule has 0 aromatic rings. The summed E-state index contributed by atoms with van der Waals surface area (Å²) in [5.74, 6) is 0.932. The number of carbonyl (C=O) groups is 1. The molecule has 0 saturated heterocycles. The number of carbonyl (C=O) groups excluding carboxylic acids is 1. The molecule has 1 aliphatic carbocycles. The first-order valence-electron chi connectivity index (χ1n) is 7.03. The van der Waals surface area contributed by atoms with Gasteiger partial charge in [0, 0.05) is 6.04 Å². The predicted octanol–water partition coefficient (Wildman–Crippen LogP) is 2.74. The summed E-state index contributed by atoms with van der Waals surface area (Å²) in [5, 5.41) is 3.45. The first kappa shape index (κ1) is 14.5. The fourth-order valence-corrected chi connectivity index (χ4v) is 1.84. The Kier molecular flexibility index (Phi) is 6.56. The molecule has 1 atom stereocenters. The number of esters is 1. The number of nitrogens with one attached hydrogen (secondary N) is 1. The van der Waals surface area contributed by atoms with Crippen LogP contribution in [-0.2, 0) is 9.53 Å². The van der Waals surface area contributed by atoms with E-state index in [2.05, 4.69) is 26.1 Å². The molecule has 0 bridgehead atoms. The molecule has 0 heterocycles. The molecule has 1 fully saturated rings. The minimum Gasteiger partial charge on any atom is -0.464 e. The van der Waals surface area contributed by atoms with Crippen LogP contribution in [-0.4, -0.2) is 25.2 Å². The highest BCUT2D eigenvalue weighted by Gasteiger charge is 2.27. The van der Waals surface area contributed by atoms with E-state index in [0.29, 0.717) is 12.6 Å². The maximum Gasteiger partial charge on any atom is 0.308 e. The molecule has 1 rings (SSSR count). The third-order valence-electron chi connectivity index (χ3n) is 3.51. The SMILES string of the molecule is CCC(COC(=O)C1CCC1)NCCC(C)C. The Balaban J connectivity index is 2.10. The van der Waals surface area contributed by atoms with E-state index in [4.69, 9.17) is 4.74 Å². The lowest BCUT2D eigenvalue weighted by Crippen LogP contribution is -2.36. The van der Waals surface area contributed by atoms with Crippen molar-refractivity contribution in [1.29, 1.82) is 0 Å². The second-order valence-corrected chi connectivity index (χ2v) is 5.50. The highest BCUT2D eigenvalue weighted by Crippen LogP contribution is 2.27. The number of hydrogen-bond acceptors (Lipinski definition) is 3. The van der Waals surface area contributed by atoms with Crippen LogP contribution < -0.4 is 5.32 Å². The summed E-state index contributed by atoms with van der Waals surface area (Å²) in [4.78, 5) is 11.6. The van der Waals surface area contributed by atoms with Gasteiger partial charge in [0.2, 0.25) is 0 Å². The standard InChI is InChI=1S/C14H27NO2/c1-4-13(15-9-8-11(2)3)10-17-14(16)12-6-5-7-12/h11-13,15H,4-10H2,1-3H3. The smallest absolute Gasteiger partial charge is 0.308 e. The largest absolute Gasteiger partial charge is 0.464 e. The molecule has 0 spiro atoms. The molecule has 0 aromatic heterocycles. The molecular weight excluding hydrogens is 214 g/mol. The van der Waals surface area contributed by atoms with E-state index in [9.17, 15) is 4.79 Å². The maximum absolute atomic E-state index is 11.6. The van der Waals surface area contributed by atoms with Crippen molar-refractivity contribution >= 4 is 5.97 Å². The molecule has 0 aliphatic heterocycles. The van der Waals surface area contributed by atoms with Gasteiger partial charge in [-0.05, 0) is 38.1 Å². The summed E-state index contributed by atoms with van der Waals surface area (Å²) < 4.78 is 5.36. The van der Waals surface area contributed by atoms with Gasteiger partial charge in [0.05, 0.1) is 5.92 Å². The number of rotatable bonds is 8. The van der Waals surface area contributed by atoms with Gasteiger partial charge in [0.15, 0.2) is 0 Å². The van der Waals surface area contributed by atoms with Crippen LogP contribution in [0.3, 0.4) is 0 Å². The highest BCUT2D eigenvalue weighted by molar-refractivity contribution is 5.73. The van der Waals surface area contributed by atoms with Crippen molar-refractivity contribution in [3.8, 4) is 0 Å². The van der Waals surface area contributed by atoms with Gasteiger partial charge in [0.1, 0.15) is 6.61 Å². The summed E-state index contributed by atoms with van der Waals surface area (Å²) >= 11 is 0. The summed E-state index contributed by atoms with van der Waals surface area (Å²) in [6.07, 6.45) is 5.42. The van der Waals surface area contributed by atoms with Crippen molar-refractivity contribution < 1.29 is 9.53 Å². The van der Waals surface area contributed by atoms with Crippen LogP contribution >= 0.6 is 0 Å². The van der Waals surface area contributed by atoms with Gasteiger partial charge in [-0.2, -0.15) is 0 Å². The number of ether oxygens (including phenoxy) is 1. The van der Waals surface area contributed by atoms with Crippen LogP contribution in [0.4, 0.5) is 0 Å². The van der Waals surface area contributed by atoms with Gasteiger partial charge in [0.25, 0.3) is 0 Å². The van der Waals surface area contributed by atoms with E-state index < -0.39 is 0 Å². The predicted molar refractivity (Wildman–Crippen MR) is 69.8 cm³/mol. The first-order chi connectivity index (χ1) is 8.13. The van der Waals surface area contributed by atoms with Gasteiger partial charge in [-0.25, -0.2) is 0 Å². The van der Waals surface area contributed by atoms with Gasteiger partial charge >= 0.3 is 5.97 Å². The monoisotopic (exact) mass is 241 g/mol. The van der Waals surface area contributed by atoms with E-state index in [1.807, 2.05) is 0 Å². The second kappa shape index (κ2) is 7.70. The topological polar surface area (TPSA) is 38.3 Å².